The van der Waals surface area contributed by atoms with Crippen LogP contribution in [0.2, 0.25) is 0 Å². The Kier molecular flexibility index (Phi) is 7.72. The lowest BCUT2D eigenvalue weighted by atomic mass is 10.2. The number of nitrogens with one attached hydrogen (secondary N) is 1. The molecule has 0 saturated carbocycles. The van der Waals surface area contributed by atoms with E-state index in [1.165, 1.54) is 17.3 Å². The maximum Gasteiger partial charge on any atom is 0.234 e. The summed E-state index contributed by atoms with van der Waals surface area (Å²) in [6, 6.07) is 23.7. The molecule has 0 saturated heterocycles. The first-order chi connectivity index (χ1) is 16.9. The number of benzene rings is 3. The lowest BCUT2D eigenvalue weighted by Crippen LogP contribution is -2.15. The number of aryl methyl sites for hydroxylation is 2. The Morgan fingerprint density at radius 3 is 2.17 bits per heavy atom. The topological polar surface area (TPSA) is 72.3 Å². The van der Waals surface area contributed by atoms with Gasteiger partial charge in [0.15, 0.2) is 11.0 Å². The smallest absolute Gasteiger partial charge is 0.234 e. The van der Waals surface area contributed by atoms with E-state index >= 15 is 0 Å². The van der Waals surface area contributed by atoms with Crippen LogP contribution in [0.4, 0.5) is 11.4 Å². The molecule has 180 valence electrons. The summed E-state index contributed by atoms with van der Waals surface area (Å²) in [7, 11) is 3.96. The van der Waals surface area contributed by atoms with E-state index in [1.54, 1.807) is 0 Å². The first-order valence-electron chi connectivity index (χ1n) is 11.3. The Morgan fingerprint density at radius 2 is 1.54 bits per heavy atom. The molecule has 0 aliphatic heterocycles. The van der Waals surface area contributed by atoms with Crippen LogP contribution < -0.4 is 15.0 Å². The third-order valence-corrected chi connectivity index (χ3v) is 6.31. The van der Waals surface area contributed by atoms with E-state index in [0.29, 0.717) is 11.0 Å². The molecule has 0 spiro atoms. The first-order valence-corrected chi connectivity index (χ1v) is 12.3. The lowest BCUT2D eigenvalue weighted by molar-refractivity contribution is -0.113. The molecule has 0 radical (unpaired) electrons. The molecule has 1 aromatic heterocycles. The Morgan fingerprint density at radius 1 is 0.914 bits per heavy atom. The van der Waals surface area contributed by atoms with Crippen LogP contribution in [0.5, 0.6) is 5.75 Å². The van der Waals surface area contributed by atoms with Crippen molar-refractivity contribution in [3.63, 3.8) is 0 Å². The highest BCUT2D eigenvalue weighted by Gasteiger charge is 2.17. The van der Waals surface area contributed by atoms with E-state index in [1.807, 2.05) is 110 Å². The van der Waals surface area contributed by atoms with Crippen molar-refractivity contribution in [2.75, 3.05) is 30.1 Å². The van der Waals surface area contributed by atoms with Gasteiger partial charge in [0.05, 0.1) is 5.75 Å². The summed E-state index contributed by atoms with van der Waals surface area (Å²) in [4.78, 5) is 14.6. The molecule has 1 heterocycles. The van der Waals surface area contributed by atoms with Gasteiger partial charge in [0, 0.05) is 31.2 Å². The highest BCUT2D eigenvalue weighted by molar-refractivity contribution is 7.99. The molecular formula is C27H29N5O2S. The molecule has 7 nitrogen and oxygen atoms in total. The van der Waals surface area contributed by atoms with Gasteiger partial charge in [-0.25, -0.2) is 0 Å². The fraction of sp³-hybridized carbons (Fsp3) is 0.222. The molecule has 4 rings (SSSR count). The van der Waals surface area contributed by atoms with Crippen molar-refractivity contribution >= 4 is 29.0 Å². The first kappa shape index (κ1) is 24.3. The van der Waals surface area contributed by atoms with Gasteiger partial charge in [0.1, 0.15) is 12.4 Å². The van der Waals surface area contributed by atoms with E-state index in [4.69, 9.17) is 4.74 Å². The van der Waals surface area contributed by atoms with Gasteiger partial charge in [-0.2, -0.15) is 0 Å². The third-order valence-electron chi connectivity index (χ3n) is 5.38. The van der Waals surface area contributed by atoms with Gasteiger partial charge < -0.3 is 15.0 Å². The van der Waals surface area contributed by atoms with Crippen LogP contribution in [0, 0.1) is 13.8 Å². The molecule has 8 heteroatoms. The van der Waals surface area contributed by atoms with E-state index in [2.05, 4.69) is 15.5 Å². The average Bonchev–Trinajstić information content (AvgIpc) is 3.26. The fourth-order valence-electron chi connectivity index (χ4n) is 3.39. The predicted octanol–water partition coefficient (Wildman–Crippen LogP) is 5.26. The van der Waals surface area contributed by atoms with E-state index in [-0.39, 0.29) is 18.3 Å². The largest absolute Gasteiger partial charge is 0.486 e. The predicted molar refractivity (Wildman–Crippen MR) is 142 cm³/mol. The van der Waals surface area contributed by atoms with Crippen LogP contribution in [0.1, 0.15) is 17.0 Å². The molecule has 1 amide bonds. The van der Waals surface area contributed by atoms with Crippen molar-refractivity contribution in [1.29, 1.82) is 0 Å². The number of hydrogen-bond donors (Lipinski definition) is 1. The van der Waals surface area contributed by atoms with Crippen molar-refractivity contribution in [3.05, 3.63) is 89.7 Å². The molecule has 0 fully saturated rings. The third kappa shape index (κ3) is 6.42. The molecule has 0 aliphatic rings. The minimum absolute atomic E-state index is 0.108. The van der Waals surface area contributed by atoms with Gasteiger partial charge in [0.2, 0.25) is 5.91 Å². The minimum Gasteiger partial charge on any atom is -0.486 e. The molecule has 0 atom stereocenters. The summed E-state index contributed by atoms with van der Waals surface area (Å²) in [5, 5.41) is 12.3. The minimum atomic E-state index is -0.108. The Bertz CT molecular complexity index is 1270. The second kappa shape index (κ2) is 11.1. The van der Waals surface area contributed by atoms with Gasteiger partial charge in [-0.15, -0.1) is 10.2 Å². The number of rotatable bonds is 9. The van der Waals surface area contributed by atoms with Crippen LogP contribution in [-0.4, -0.2) is 40.5 Å². The second-order valence-corrected chi connectivity index (χ2v) is 9.39. The zero-order valence-electron chi connectivity index (χ0n) is 20.4. The summed E-state index contributed by atoms with van der Waals surface area (Å²) < 4.78 is 7.90. The zero-order chi connectivity index (χ0) is 24.8. The standard InChI is InChI=1S/C27H29N5O2S/c1-19-5-11-23(12-6-19)32-25(17-34-24-15-7-20(2)8-16-24)29-30-27(32)35-18-26(33)28-21-9-13-22(14-10-21)31(3)4/h5-16H,17-18H2,1-4H3,(H,28,33). The second-order valence-electron chi connectivity index (χ2n) is 8.45. The fourth-order valence-corrected chi connectivity index (χ4v) is 4.16. The molecule has 35 heavy (non-hydrogen) atoms. The number of carbonyl (C=O) groups excluding carboxylic acids is 1. The van der Waals surface area contributed by atoms with Crippen LogP contribution in [0.25, 0.3) is 5.69 Å². The maximum absolute atomic E-state index is 12.6. The Balaban J connectivity index is 1.47. The van der Waals surface area contributed by atoms with Crippen molar-refractivity contribution < 1.29 is 9.53 Å². The summed E-state index contributed by atoms with van der Waals surface area (Å²) in [6.45, 7) is 4.34. The van der Waals surface area contributed by atoms with Crippen molar-refractivity contribution in [1.82, 2.24) is 14.8 Å². The number of hydrogen-bond acceptors (Lipinski definition) is 6. The summed E-state index contributed by atoms with van der Waals surface area (Å²) in [6.07, 6.45) is 0. The van der Waals surface area contributed by atoms with Crippen LogP contribution in [-0.2, 0) is 11.4 Å². The van der Waals surface area contributed by atoms with Crippen LogP contribution in [0.15, 0.2) is 78.0 Å². The number of amides is 1. The van der Waals surface area contributed by atoms with Gasteiger partial charge in [-0.1, -0.05) is 47.2 Å². The SMILES string of the molecule is Cc1ccc(OCc2nnc(SCC(=O)Nc3ccc(N(C)C)cc3)n2-c2ccc(C)cc2)cc1. The molecule has 3 aromatic carbocycles. The zero-order valence-corrected chi connectivity index (χ0v) is 21.2. The van der Waals surface area contributed by atoms with Crippen molar-refractivity contribution in [3.8, 4) is 11.4 Å². The number of anilines is 2. The molecule has 0 aliphatic carbocycles. The number of thioether (sulfide) groups is 1. The van der Waals surface area contributed by atoms with Gasteiger partial charge >= 0.3 is 0 Å². The van der Waals surface area contributed by atoms with Crippen LogP contribution >= 0.6 is 11.8 Å². The molecule has 1 N–H and O–H groups in total. The van der Waals surface area contributed by atoms with Gasteiger partial charge in [-0.05, 0) is 62.4 Å². The lowest BCUT2D eigenvalue weighted by Gasteiger charge is -2.13. The summed E-state index contributed by atoms with van der Waals surface area (Å²) in [5.74, 6) is 1.53. The maximum atomic E-state index is 12.6. The van der Waals surface area contributed by atoms with Crippen molar-refractivity contribution in [2.45, 2.75) is 25.6 Å². The van der Waals surface area contributed by atoms with Crippen LogP contribution in [0.3, 0.4) is 0 Å². The highest BCUT2D eigenvalue weighted by Crippen LogP contribution is 2.24. The van der Waals surface area contributed by atoms with E-state index < -0.39 is 0 Å². The van der Waals surface area contributed by atoms with E-state index in [9.17, 15) is 4.79 Å². The highest BCUT2D eigenvalue weighted by atomic mass is 32.2. The monoisotopic (exact) mass is 487 g/mol. The number of aromatic nitrogens is 3. The molecule has 4 aromatic rings. The quantitative estimate of drug-likeness (QED) is 0.325. The summed E-state index contributed by atoms with van der Waals surface area (Å²) >= 11 is 1.34. The number of carbonyl (C=O) groups is 1. The molecule has 0 bridgehead atoms. The number of ether oxygens (including phenoxy) is 1. The average molecular weight is 488 g/mol. The van der Waals surface area contributed by atoms with Crippen molar-refractivity contribution in [2.24, 2.45) is 0 Å². The normalized spacial score (nSPS) is 10.7. The Labute approximate surface area is 210 Å². The van der Waals surface area contributed by atoms with E-state index in [0.717, 1.165) is 28.4 Å². The molecular weight excluding hydrogens is 458 g/mol. The summed E-state index contributed by atoms with van der Waals surface area (Å²) in [5.41, 5.74) is 5.08. The number of nitrogens with zero attached hydrogens (tertiary/aromatic N) is 4. The van der Waals surface area contributed by atoms with Gasteiger partial charge in [-0.3, -0.25) is 9.36 Å². The molecule has 0 unspecified atom stereocenters. The Hall–Kier alpha value is -3.78. The van der Waals surface area contributed by atoms with Gasteiger partial charge in [0.25, 0.3) is 0 Å².